The second-order valence-corrected chi connectivity index (χ2v) is 3.06. The van der Waals surface area contributed by atoms with Crippen LogP contribution in [0.3, 0.4) is 0 Å². The third kappa shape index (κ3) is 2.79. The molecule has 3 heteroatoms. The first-order chi connectivity index (χ1) is 6.79. The van der Waals surface area contributed by atoms with E-state index in [0.29, 0.717) is 18.8 Å². The van der Waals surface area contributed by atoms with Gasteiger partial charge in [0, 0.05) is 12.5 Å². The molecular formula is C11H15FO2. The molecule has 1 atom stereocenters. The van der Waals surface area contributed by atoms with Crippen molar-refractivity contribution < 1.29 is 14.2 Å². The van der Waals surface area contributed by atoms with E-state index in [9.17, 15) is 4.39 Å². The molecule has 0 aliphatic carbocycles. The minimum absolute atomic E-state index is 0.0963. The Morgan fingerprint density at radius 1 is 1.43 bits per heavy atom. The Balaban J connectivity index is 2.73. The number of hydrogen-bond acceptors (Lipinski definition) is 2. The van der Waals surface area contributed by atoms with Crippen molar-refractivity contribution in [2.75, 3.05) is 19.8 Å². The molecule has 1 rings (SSSR count). The average molecular weight is 198 g/mol. The molecule has 0 saturated heterocycles. The summed E-state index contributed by atoms with van der Waals surface area (Å²) in [6.07, 6.45) is 0. The van der Waals surface area contributed by atoms with Crippen LogP contribution in [0.25, 0.3) is 0 Å². The maximum absolute atomic E-state index is 13.3. The summed E-state index contributed by atoms with van der Waals surface area (Å²) in [5.41, 5.74) is 0.517. The van der Waals surface area contributed by atoms with Crippen LogP contribution in [0.15, 0.2) is 24.3 Å². The van der Waals surface area contributed by atoms with Crippen molar-refractivity contribution in [3.8, 4) is 0 Å². The number of ether oxygens (including phenoxy) is 1. The van der Waals surface area contributed by atoms with Gasteiger partial charge in [-0.25, -0.2) is 4.39 Å². The Bertz CT molecular complexity index is 276. The predicted octanol–water partition coefficient (Wildman–Crippen LogP) is 1.94. The molecule has 1 N–H and O–H groups in total. The molecule has 78 valence electrons. The summed E-state index contributed by atoms with van der Waals surface area (Å²) in [7, 11) is 0. The van der Waals surface area contributed by atoms with Crippen LogP contribution in [-0.4, -0.2) is 24.9 Å². The highest BCUT2D eigenvalue weighted by molar-refractivity contribution is 5.21. The van der Waals surface area contributed by atoms with Gasteiger partial charge in [-0.2, -0.15) is 0 Å². The molecule has 14 heavy (non-hydrogen) atoms. The first kappa shape index (κ1) is 11.1. The zero-order valence-electron chi connectivity index (χ0n) is 8.24. The van der Waals surface area contributed by atoms with Crippen LogP contribution in [0.4, 0.5) is 4.39 Å². The quantitative estimate of drug-likeness (QED) is 0.783. The standard InChI is InChI=1S/C11H15FO2/c1-2-14-8-9(7-13)10-5-3-4-6-11(10)12/h3-6,9,13H,2,7-8H2,1H3. The van der Waals surface area contributed by atoms with E-state index in [1.165, 1.54) is 6.07 Å². The number of rotatable bonds is 5. The second-order valence-electron chi connectivity index (χ2n) is 3.06. The van der Waals surface area contributed by atoms with Gasteiger partial charge in [0.2, 0.25) is 0 Å². The first-order valence-corrected chi connectivity index (χ1v) is 4.72. The van der Waals surface area contributed by atoms with E-state index in [-0.39, 0.29) is 18.3 Å². The van der Waals surface area contributed by atoms with Crippen molar-refractivity contribution in [1.82, 2.24) is 0 Å². The van der Waals surface area contributed by atoms with Crippen LogP contribution in [0, 0.1) is 5.82 Å². The molecule has 0 spiro atoms. The molecule has 0 fully saturated rings. The normalized spacial score (nSPS) is 12.8. The second kappa shape index (κ2) is 5.73. The van der Waals surface area contributed by atoms with Crippen LogP contribution >= 0.6 is 0 Å². The van der Waals surface area contributed by atoms with Gasteiger partial charge in [0.25, 0.3) is 0 Å². The zero-order valence-corrected chi connectivity index (χ0v) is 8.24. The number of aliphatic hydroxyl groups is 1. The topological polar surface area (TPSA) is 29.5 Å². The van der Waals surface area contributed by atoms with E-state index < -0.39 is 0 Å². The van der Waals surface area contributed by atoms with E-state index in [4.69, 9.17) is 9.84 Å². The van der Waals surface area contributed by atoms with Crippen LogP contribution in [0.5, 0.6) is 0 Å². The van der Waals surface area contributed by atoms with Gasteiger partial charge >= 0.3 is 0 Å². The molecule has 0 aliphatic rings. The number of hydrogen-bond donors (Lipinski definition) is 1. The van der Waals surface area contributed by atoms with Gasteiger partial charge in [-0.15, -0.1) is 0 Å². The van der Waals surface area contributed by atoms with Gasteiger partial charge in [-0.05, 0) is 18.6 Å². The molecule has 0 heterocycles. The molecule has 0 aliphatic heterocycles. The lowest BCUT2D eigenvalue weighted by atomic mass is 10.0. The van der Waals surface area contributed by atoms with E-state index in [2.05, 4.69) is 0 Å². The van der Waals surface area contributed by atoms with Crippen molar-refractivity contribution in [3.05, 3.63) is 35.6 Å². The summed E-state index contributed by atoms with van der Waals surface area (Å²) in [5, 5.41) is 9.08. The Morgan fingerprint density at radius 2 is 2.14 bits per heavy atom. The number of aliphatic hydroxyl groups excluding tert-OH is 1. The fraction of sp³-hybridized carbons (Fsp3) is 0.455. The van der Waals surface area contributed by atoms with Crippen LogP contribution < -0.4 is 0 Å². The minimum atomic E-state index is -0.286. The molecule has 2 nitrogen and oxygen atoms in total. The minimum Gasteiger partial charge on any atom is -0.396 e. The lowest BCUT2D eigenvalue weighted by molar-refractivity contribution is 0.108. The van der Waals surface area contributed by atoms with Gasteiger partial charge in [-0.3, -0.25) is 0 Å². The zero-order chi connectivity index (χ0) is 10.4. The highest BCUT2D eigenvalue weighted by Gasteiger charge is 2.14. The molecule has 0 aromatic heterocycles. The molecule has 0 bridgehead atoms. The third-order valence-corrected chi connectivity index (χ3v) is 2.09. The monoisotopic (exact) mass is 198 g/mol. The average Bonchev–Trinajstić information content (AvgIpc) is 2.21. The molecule has 0 amide bonds. The van der Waals surface area contributed by atoms with E-state index in [1.807, 2.05) is 6.92 Å². The lowest BCUT2D eigenvalue weighted by Crippen LogP contribution is -2.13. The van der Waals surface area contributed by atoms with Crippen molar-refractivity contribution >= 4 is 0 Å². The van der Waals surface area contributed by atoms with Crippen LogP contribution in [0.1, 0.15) is 18.4 Å². The Labute approximate surface area is 83.3 Å². The summed E-state index contributed by atoms with van der Waals surface area (Å²) < 4.78 is 18.5. The van der Waals surface area contributed by atoms with Crippen molar-refractivity contribution in [2.24, 2.45) is 0 Å². The first-order valence-electron chi connectivity index (χ1n) is 4.72. The van der Waals surface area contributed by atoms with Gasteiger partial charge in [0.05, 0.1) is 13.2 Å². The fourth-order valence-electron chi connectivity index (χ4n) is 1.31. The van der Waals surface area contributed by atoms with Gasteiger partial charge in [0.1, 0.15) is 5.82 Å². The fourth-order valence-corrected chi connectivity index (χ4v) is 1.31. The summed E-state index contributed by atoms with van der Waals surface area (Å²) >= 11 is 0. The van der Waals surface area contributed by atoms with Crippen molar-refractivity contribution in [2.45, 2.75) is 12.8 Å². The smallest absolute Gasteiger partial charge is 0.126 e. The SMILES string of the molecule is CCOCC(CO)c1ccccc1F. The summed E-state index contributed by atoms with van der Waals surface area (Å²) in [6, 6.07) is 6.46. The van der Waals surface area contributed by atoms with E-state index >= 15 is 0 Å². The highest BCUT2D eigenvalue weighted by Crippen LogP contribution is 2.18. The summed E-state index contributed by atoms with van der Waals surface area (Å²) in [4.78, 5) is 0. The highest BCUT2D eigenvalue weighted by atomic mass is 19.1. The van der Waals surface area contributed by atoms with E-state index in [1.54, 1.807) is 18.2 Å². The molecule has 0 saturated carbocycles. The van der Waals surface area contributed by atoms with Gasteiger partial charge < -0.3 is 9.84 Å². The largest absolute Gasteiger partial charge is 0.396 e. The van der Waals surface area contributed by atoms with Gasteiger partial charge in [0.15, 0.2) is 0 Å². The van der Waals surface area contributed by atoms with Crippen molar-refractivity contribution in [3.63, 3.8) is 0 Å². The maximum Gasteiger partial charge on any atom is 0.126 e. The summed E-state index contributed by atoms with van der Waals surface area (Å²) in [6.45, 7) is 2.70. The molecule has 1 unspecified atom stereocenters. The number of benzene rings is 1. The summed E-state index contributed by atoms with van der Waals surface area (Å²) in [5.74, 6) is -0.553. The number of halogens is 1. The van der Waals surface area contributed by atoms with E-state index in [0.717, 1.165) is 0 Å². The molecular weight excluding hydrogens is 183 g/mol. The molecule has 1 aromatic rings. The lowest BCUT2D eigenvalue weighted by Gasteiger charge is -2.14. The molecule has 1 aromatic carbocycles. The Kier molecular flexibility index (Phi) is 4.56. The van der Waals surface area contributed by atoms with Gasteiger partial charge in [-0.1, -0.05) is 18.2 Å². The molecule has 0 radical (unpaired) electrons. The Hall–Kier alpha value is -0.930. The van der Waals surface area contributed by atoms with Crippen molar-refractivity contribution in [1.29, 1.82) is 0 Å². The Morgan fingerprint density at radius 3 is 2.71 bits per heavy atom. The maximum atomic E-state index is 13.3. The predicted molar refractivity (Wildman–Crippen MR) is 52.7 cm³/mol. The third-order valence-electron chi connectivity index (χ3n) is 2.09. The van der Waals surface area contributed by atoms with Crippen LogP contribution in [-0.2, 0) is 4.74 Å². The van der Waals surface area contributed by atoms with Crippen LogP contribution in [0.2, 0.25) is 0 Å².